The van der Waals surface area contributed by atoms with Crippen LogP contribution in [-0.2, 0) is 9.53 Å². The summed E-state index contributed by atoms with van der Waals surface area (Å²) in [5, 5.41) is 5.82. The van der Waals surface area contributed by atoms with Gasteiger partial charge in [0.25, 0.3) is 0 Å². The molecule has 2 N–H and O–H groups in total. The van der Waals surface area contributed by atoms with Crippen LogP contribution in [0.3, 0.4) is 0 Å². The molecule has 0 spiro atoms. The number of amides is 1. The van der Waals surface area contributed by atoms with E-state index in [1.165, 1.54) is 0 Å². The van der Waals surface area contributed by atoms with Gasteiger partial charge in [-0.05, 0) is 50.2 Å². The molecule has 5 nitrogen and oxygen atoms in total. The Morgan fingerprint density at radius 3 is 2.17 bits per heavy atom. The van der Waals surface area contributed by atoms with Crippen LogP contribution < -0.4 is 10.6 Å². The Hall–Kier alpha value is -2.82. The minimum Gasteiger partial charge on any atom is -0.462 e. The van der Waals surface area contributed by atoms with Crippen molar-refractivity contribution in [1.82, 2.24) is 0 Å². The van der Waals surface area contributed by atoms with E-state index >= 15 is 0 Å². The summed E-state index contributed by atoms with van der Waals surface area (Å²) in [5.41, 5.74) is 3.15. The summed E-state index contributed by atoms with van der Waals surface area (Å²) < 4.78 is 4.92. The molecule has 0 bridgehead atoms. The molecule has 0 radical (unpaired) electrons. The van der Waals surface area contributed by atoms with Crippen LogP contribution in [-0.4, -0.2) is 25.0 Å². The molecule has 1 amide bonds. The molecule has 2 aromatic carbocycles. The number of carbonyl (C=O) groups excluding carboxylic acids is 2. The third-order valence-corrected chi connectivity index (χ3v) is 3.18. The highest BCUT2D eigenvalue weighted by Crippen LogP contribution is 2.11. The first kappa shape index (κ1) is 16.5. The Labute approximate surface area is 135 Å². The van der Waals surface area contributed by atoms with Gasteiger partial charge in [-0.3, -0.25) is 4.79 Å². The van der Waals surface area contributed by atoms with Crippen molar-refractivity contribution in [3.05, 3.63) is 59.7 Å². The third kappa shape index (κ3) is 5.14. The highest BCUT2D eigenvalue weighted by Gasteiger charge is 2.06. The van der Waals surface area contributed by atoms with Crippen molar-refractivity contribution in [3.63, 3.8) is 0 Å². The average molecular weight is 312 g/mol. The van der Waals surface area contributed by atoms with Gasteiger partial charge in [0.15, 0.2) is 0 Å². The fraction of sp³-hybridized carbons (Fsp3) is 0.222. The van der Waals surface area contributed by atoms with E-state index in [0.29, 0.717) is 12.2 Å². The van der Waals surface area contributed by atoms with Crippen LogP contribution in [0.5, 0.6) is 0 Å². The van der Waals surface area contributed by atoms with E-state index in [1.54, 1.807) is 31.2 Å². The number of benzene rings is 2. The van der Waals surface area contributed by atoms with Crippen LogP contribution in [0.15, 0.2) is 48.5 Å². The maximum absolute atomic E-state index is 11.9. The lowest BCUT2D eigenvalue weighted by atomic mass is 10.2. The normalized spacial score (nSPS) is 10.0. The standard InChI is InChI=1S/C18H20N2O3/c1-3-23-18(22)14-6-10-15(11-7-14)19-12-17(21)20-16-8-4-13(2)5-9-16/h4-11,19H,3,12H2,1-2H3,(H,20,21). The van der Waals surface area contributed by atoms with Gasteiger partial charge >= 0.3 is 5.97 Å². The van der Waals surface area contributed by atoms with Gasteiger partial charge < -0.3 is 15.4 Å². The smallest absolute Gasteiger partial charge is 0.338 e. The summed E-state index contributed by atoms with van der Waals surface area (Å²) in [6.45, 7) is 4.25. The van der Waals surface area contributed by atoms with Gasteiger partial charge in [0.1, 0.15) is 0 Å². The predicted molar refractivity (Wildman–Crippen MR) is 90.7 cm³/mol. The number of ether oxygens (including phenoxy) is 1. The van der Waals surface area contributed by atoms with Crippen LogP contribution in [0.2, 0.25) is 0 Å². The lowest BCUT2D eigenvalue weighted by molar-refractivity contribution is -0.114. The van der Waals surface area contributed by atoms with E-state index in [9.17, 15) is 9.59 Å². The molecule has 0 aliphatic rings. The number of aryl methyl sites for hydroxylation is 1. The van der Waals surface area contributed by atoms with Gasteiger partial charge in [0, 0.05) is 11.4 Å². The number of hydrogen-bond acceptors (Lipinski definition) is 4. The molecule has 0 unspecified atom stereocenters. The molecule has 0 aliphatic carbocycles. The second kappa shape index (κ2) is 7.98. The van der Waals surface area contributed by atoms with Gasteiger partial charge in [-0.2, -0.15) is 0 Å². The summed E-state index contributed by atoms with van der Waals surface area (Å²) in [6, 6.07) is 14.4. The molecular formula is C18H20N2O3. The lowest BCUT2D eigenvalue weighted by Crippen LogP contribution is -2.21. The van der Waals surface area contributed by atoms with E-state index in [-0.39, 0.29) is 18.4 Å². The number of nitrogens with one attached hydrogen (secondary N) is 2. The van der Waals surface area contributed by atoms with Crippen LogP contribution in [0.25, 0.3) is 0 Å². The zero-order valence-corrected chi connectivity index (χ0v) is 13.3. The first-order valence-electron chi connectivity index (χ1n) is 7.46. The van der Waals surface area contributed by atoms with Crippen molar-refractivity contribution < 1.29 is 14.3 Å². The van der Waals surface area contributed by atoms with Crippen molar-refractivity contribution >= 4 is 23.3 Å². The SMILES string of the molecule is CCOC(=O)c1ccc(NCC(=O)Nc2ccc(C)cc2)cc1. The Morgan fingerprint density at radius 2 is 1.57 bits per heavy atom. The van der Waals surface area contributed by atoms with Gasteiger partial charge in [-0.15, -0.1) is 0 Å². The monoisotopic (exact) mass is 312 g/mol. The minimum atomic E-state index is -0.351. The van der Waals surface area contributed by atoms with Gasteiger partial charge in [-0.1, -0.05) is 17.7 Å². The number of rotatable bonds is 6. The van der Waals surface area contributed by atoms with Crippen LogP contribution in [0.1, 0.15) is 22.8 Å². The van der Waals surface area contributed by atoms with Crippen LogP contribution in [0, 0.1) is 6.92 Å². The number of carbonyl (C=O) groups is 2. The van der Waals surface area contributed by atoms with Crippen molar-refractivity contribution in [2.75, 3.05) is 23.8 Å². The fourth-order valence-corrected chi connectivity index (χ4v) is 1.96. The van der Waals surface area contributed by atoms with E-state index in [1.807, 2.05) is 31.2 Å². The maximum Gasteiger partial charge on any atom is 0.338 e. The molecule has 2 aromatic rings. The summed E-state index contributed by atoms with van der Waals surface area (Å²) in [4.78, 5) is 23.4. The van der Waals surface area contributed by atoms with E-state index < -0.39 is 0 Å². The van der Waals surface area contributed by atoms with E-state index in [2.05, 4.69) is 10.6 Å². The molecule has 0 saturated heterocycles. The summed E-state index contributed by atoms with van der Waals surface area (Å²) in [6.07, 6.45) is 0. The highest BCUT2D eigenvalue weighted by atomic mass is 16.5. The van der Waals surface area contributed by atoms with E-state index in [4.69, 9.17) is 4.74 Å². The second-order valence-corrected chi connectivity index (χ2v) is 5.07. The molecule has 0 fully saturated rings. The molecule has 0 atom stereocenters. The Bertz CT molecular complexity index is 664. The molecule has 23 heavy (non-hydrogen) atoms. The Balaban J connectivity index is 1.84. The maximum atomic E-state index is 11.9. The number of hydrogen-bond donors (Lipinski definition) is 2. The molecule has 5 heteroatoms. The summed E-state index contributed by atoms with van der Waals surface area (Å²) >= 11 is 0. The first-order chi connectivity index (χ1) is 11.1. The van der Waals surface area contributed by atoms with Crippen molar-refractivity contribution in [2.45, 2.75) is 13.8 Å². The van der Waals surface area contributed by atoms with Crippen molar-refractivity contribution in [1.29, 1.82) is 0 Å². The van der Waals surface area contributed by atoms with Crippen molar-refractivity contribution in [2.24, 2.45) is 0 Å². The van der Waals surface area contributed by atoms with Gasteiger partial charge in [0.2, 0.25) is 5.91 Å². The number of anilines is 2. The topological polar surface area (TPSA) is 67.4 Å². The summed E-state index contributed by atoms with van der Waals surface area (Å²) in [5.74, 6) is -0.487. The molecular weight excluding hydrogens is 292 g/mol. The fourth-order valence-electron chi connectivity index (χ4n) is 1.96. The Kier molecular flexibility index (Phi) is 5.74. The zero-order valence-electron chi connectivity index (χ0n) is 13.3. The van der Waals surface area contributed by atoms with Crippen LogP contribution in [0.4, 0.5) is 11.4 Å². The third-order valence-electron chi connectivity index (χ3n) is 3.18. The highest BCUT2D eigenvalue weighted by molar-refractivity contribution is 5.94. The molecule has 0 aromatic heterocycles. The second-order valence-electron chi connectivity index (χ2n) is 5.07. The molecule has 0 saturated carbocycles. The average Bonchev–Trinajstić information content (AvgIpc) is 2.56. The molecule has 2 rings (SSSR count). The molecule has 0 aliphatic heterocycles. The van der Waals surface area contributed by atoms with Gasteiger partial charge in [0.05, 0.1) is 18.7 Å². The van der Waals surface area contributed by atoms with Crippen LogP contribution >= 0.6 is 0 Å². The quantitative estimate of drug-likeness (QED) is 0.804. The number of esters is 1. The van der Waals surface area contributed by atoms with Gasteiger partial charge in [-0.25, -0.2) is 4.79 Å². The predicted octanol–water partition coefficient (Wildman–Crippen LogP) is 3.22. The first-order valence-corrected chi connectivity index (χ1v) is 7.46. The Morgan fingerprint density at radius 1 is 0.957 bits per heavy atom. The van der Waals surface area contributed by atoms with E-state index in [0.717, 1.165) is 16.9 Å². The summed E-state index contributed by atoms with van der Waals surface area (Å²) in [7, 11) is 0. The lowest BCUT2D eigenvalue weighted by Gasteiger charge is -2.09. The minimum absolute atomic E-state index is 0.136. The molecule has 120 valence electrons. The van der Waals surface area contributed by atoms with Crippen molar-refractivity contribution in [3.8, 4) is 0 Å². The molecule has 0 heterocycles. The zero-order chi connectivity index (χ0) is 16.7. The largest absolute Gasteiger partial charge is 0.462 e.